The number of ether oxygens (including phenoxy) is 3. The van der Waals surface area contributed by atoms with Crippen LogP contribution in [0.1, 0.15) is 18.4 Å². The molecule has 0 aromatic heterocycles. The second-order valence-electron chi connectivity index (χ2n) is 4.03. The maximum Gasteiger partial charge on any atom is 0.330 e. The van der Waals surface area contributed by atoms with E-state index in [2.05, 4.69) is 6.58 Å². The molecule has 1 rings (SSSR count). The van der Waals surface area contributed by atoms with Crippen LogP contribution in [0.3, 0.4) is 0 Å². The number of carbonyl (C=O) groups excluding carboxylic acids is 1. The van der Waals surface area contributed by atoms with E-state index in [1.807, 2.05) is 30.3 Å². The highest BCUT2D eigenvalue weighted by atomic mass is 16.5. The van der Waals surface area contributed by atoms with Crippen molar-refractivity contribution in [1.29, 1.82) is 0 Å². The van der Waals surface area contributed by atoms with Crippen molar-refractivity contribution < 1.29 is 19.0 Å². The van der Waals surface area contributed by atoms with E-state index < -0.39 is 0 Å². The van der Waals surface area contributed by atoms with Gasteiger partial charge in [-0.05, 0) is 36.6 Å². The average molecular weight is 276 g/mol. The molecule has 0 spiro atoms. The number of esters is 1. The number of unbranched alkanes of at least 4 members (excludes halogenated alkanes) is 1. The lowest BCUT2D eigenvalue weighted by atomic mass is 10.2. The SMILES string of the molecule is C=CC(=O)OCCCCOc1ccc(/C=C/OC)cc1. The standard InChI is InChI=1S/C16H20O4/c1-3-16(17)20-12-5-4-11-19-15-8-6-14(7-9-15)10-13-18-2/h3,6-10,13H,1,4-5,11-12H2,2H3/b13-10+. The average Bonchev–Trinajstić information content (AvgIpc) is 2.49. The van der Waals surface area contributed by atoms with Crippen molar-refractivity contribution >= 4 is 12.0 Å². The lowest BCUT2D eigenvalue weighted by Crippen LogP contribution is -2.04. The number of hydrogen-bond acceptors (Lipinski definition) is 4. The summed E-state index contributed by atoms with van der Waals surface area (Å²) >= 11 is 0. The highest BCUT2D eigenvalue weighted by Crippen LogP contribution is 2.13. The van der Waals surface area contributed by atoms with Gasteiger partial charge in [-0.25, -0.2) is 4.79 Å². The summed E-state index contributed by atoms with van der Waals surface area (Å²) in [7, 11) is 1.61. The molecule has 108 valence electrons. The molecule has 0 radical (unpaired) electrons. The molecule has 4 heteroatoms. The van der Waals surface area contributed by atoms with Gasteiger partial charge in [-0.3, -0.25) is 0 Å². The number of benzene rings is 1. The molecular formula is C16H20O4. The lowest BCUT2D eigenvalue weighted by molar-refractivity contribution is -0.137. The number of rotatable bonds is 9. The molecule has 0 saturated heterocycles. The summed E-state index contributed by atoms with van der Waals surface area (Å²) in [5.41, 5.74) is 1.05. The summed E-state index contributed by atoms with van der Waals surface area (Å²) in [5.74, 6) is 0.438. The molecule has 0 amide bonds. The van der Waals surface area contributed by atoms with Crippen molar-refractivity contribution in [2.24, 2.45) is 0 Å². The summed E-state index contributed by atoms with van der Waals surface area (Å²) in [4.78, 5) is 10.8. The summed E-state index contributed by atoms with van der Waals surface area (Å²) in [6, 6.07) is 7.73. The Morgan fingerprint density at radius 2 is 1.90 bits per heavy atom. The molecule has 0 aliphatic heterocycles. The second-order valence-corrected chi connectivity index (χ2v) is 4.03. The van der Waals surface area contributed by atoms with Crippen LogP contribution in [0.4, 0.5) is 0 Å². The van der Waals surface area contributed by atoms with Crippen LogP contribution >= 0.6 is 0 Å². The molecule has 0 atom stereocenters. The van der Waals surface area contributed by atoms with E-state index in [1.165, 1.54) is 0 Å². The Labute approximate surface area is 119 Å². The Kier molecular flexibility index (Phi) is 7.65. The van der Waals surface area contributed by atoms with Gasteiger partial charge in [0.15, 0.2) is 0 Å². The van der Waals surface area contributed by atoms with Crippen LogP contribution in [0.15, 0.2) is 43.2 Å². The van der Waals surface area contributed by atoms with Gasteiger partial charge in [-0.15, -0.1) is 0 Å². The minimum Gasteiger partial charge on any atom is -0.504 e. The molecule has 0 fully saturated rings. The topological polar surface area (TPSA) is 44.8 Å². The van der Waals surface area contributed by atoms with E-state index in [0.717, 1.165) is 30.2 Å². The zero-order valence-electron chi connectivity index (χ0n) is 11.7. The fourth-order valence-electron chi connectivity index (χ4n) is 1.45. The van der Waals surface area contributed by atoms with Gasteiger partial charge in [0.05, 0.1) is 26.6 Å². The molecule has 20 heavy (non-hydrogen) atoms. The third-order valence-corrected chi connectivity index (χ3v) is 2.50. The lowest BCUT2D eigenvalue weighted by Gasteiger charge is -2.06. The van der Waals surface area contributed by atoms with Gasteiger partial charge < -0.3 is 14.2 Å². The van der Waals surface area contributed by atoms with Gasteiger partial charge in [0, 0.05) is 6.08 Å². The number of methoxy groups -OCH3 is 1. The summed E-state index contributed by atoms with van der Waals surface area (Å²) in [6.07, 6.45) is 6.26. The Morgan fingerprint density at radius 3 is 2.55 bits per heavy atom. The first-order valence-corrected chi connectivity index (χ1v) is 6.47. The van der Waals surface area contributed by atoms with Gasteiger partial charge in [0.2, 0.25) is 0 Å². The monoisotopic (exact) mass is 276 g/mol. The molecule has 0 N–H and O–H groups in total. The Hall–Kier alpha value is -2.23. The van der Waals surface area contributed by atoms with E-state index >= 15 is 0 Å². The summed E-state index contributed by atoms with van der Waals surface area (Å²) < 4.78 is 15.3. The van der Waals surface area contributed by atoms with E-state index in [1.54, 1.807) is 13.4 Å². The highest BCUT2D eigenvalue weighted by Gasteiger charge is 1.97. The fourth-order valence-corrected chi connectivity index (χ4v) is 1.45. The van der Waals surface area contributed by atoms with Crippen molar-refractivity contribution in [3.8, 4) is 5.75 Å². The predicted octanol–water partition coefficient (Wildman–Crippen LogP) is 3.19. The molecule has 1 aromatic rings. The zero-order valence-corrected chi connectivity index (χ0v) is 11.7. The van der Waals surface area contributed by atoms with Crippen LogP contribution in [-0.4, -0.2) is 26.3 Å². The first-order chi connectivity index (χ1) is 9.76. The third-order valence-electron chi connectivity index (χ3n) is 2.50. The fraction of sp³-hybridized carbons (Fsp3) is 0.312. The molecule has 0 aliphatic carbocycles. The van der Waals surface area contributed by atoms with Gasteiger partial charge in [0.25, 0.3) is 0 Å². The maximum absolute atomic E-state index is 10.8. The van der Waals surface area contributed by atoms with Crippen LogP contribution in [-0.2, 0) is 14.3 Å². The van der Waals surface area contributed by atoms with Crippen LogP contribution in [0, 0.1) is 0 Å². The van der Waals surface area contributed by atoms with E-state index in [9.17, 15) is 4.79 Å². The van der Waals surface area contributed by atoms with Gasteiger partial charge in [-0.2, -0.15) is 0 Å². The van der Waals surface area contributed by atoms with Crippen molar-refractivity contribution in [3.05, 3.63) is 48.7 Å². The maximum atomic E-state index is 10.8. The highest BCUT2D eigenvalue weighted by molar-refractivity contribution is 5.81. The van der Waals surface area contributed by atoms with Crippen molar-refractivity contribution in [2.45, 2.75) is 12.8 Å². The second kappa shape index (κ2) is 9.67. The molecule has 4 nitrogen and oxygen atoms in total. The summed E-state index contributed by atoms with van der Waals surface area (Å²) in [5, 5.41) is 0. The molecule has 0 saturated carbocycles. The van der Waals surface area contributed by atoms with Crippen LogP contribution in [0.5, 0.6) is 5.75 Å². The van der Waals surface area contributed by atoms with E-state index in [0.29, 0.717) is 13.2 Å². The largest absolute Gasteiger partial charge is 0.504 e. The smallest absolute Gasteiger partial charge is 0.330 e. The van der Waals surface area contributed by atoms with Crippen molar-refractivity contribution in [1.82, 2.24) is 0 Å². The zero-order chi connectivity index (χ0) is 14.6. The van der Waals surface area contributed by atoms with E-state index in [-0.39, 0.29) is 5.97 Å². The molecular weight excluding hydrogens is 256 g/mol. The van der Waals surface area contributed by atoms with Gasteiger partial charge in [-0.1, -0.05) is 18.7 Å². The first-order valence-electron chi connectivity index (χ1n) is 6.47. The van der Waals surface area contributed by atoms with Crippen LogP contribution < -0.4 is 4.74 Å². The third kappa shape index (κ3) is 6.64. The Balaban J connectivity index is 2.17. The predicted molar refractivity (Wildman–Crippen MR) is 78.4 cm³/mol. The van der Waals surface area contributed by atoms with Crippen LogP contribution in [0.2, 0.25) is 0 Å². The van der Waals surface area contributed by atoms with Crippen LogP contribution in [0.25, 0.3) is 6.08 Å². The molecule has 0 bridgehead atoms. The first kappa shape index (κ1) is 15.8. The Morgan fingerprint density at radius 1 is 1.20 bits per heavy atom. The number of hydrogen-bond donors (Lipinski definition) is 0. The minimum absolute atomic E-state index is 0.384. The number of carbonyl (C=O) groups is 1. The molecule has 1 aromatic carbocycles. The minimum atomic E-state index is -0.384. The molecule has 0 aliphatic rings. The Bertz CT molecular complexity index is 434. The van der Waals surface area contributed by atoms with Gasteiger partial charge in [0.1, 0.15) is 5.75 Å². The van der Waals surface area contributed by atoms with Gasteiger partial charge >= 0.3 is 5.97 Å². The van der Waals surface area contributed by atoms with Crippen molar-refractivity contribution in [3.63, 3.8) is 0 Å². The van der Waals surface area contributed by atoms with E-state index in [4.69, 9.17) is 14.2 Å². The molecule has 0 unspecified atom stereocenters. The van der Waals surface area contributed by atoms with Crippen molar-refractivity contribution in [2.75, 3.05) is 20.3 Å². The quantitative estimate of drug-likeness (QED) is 0.301. The summed E-state index contributed by atoms with van der Waals surface area (Å²) in [6.45, 7) is 4.32. The normalized spacial score (nSPS) is 10.2. The molecule has 0 heterocycles.